The second kappa shape index (κ2) is 4.09. The van der Waals surface area contributed by atoms with Gasteiger partial charge in [0.2, 0.25) is 5.91 Å². The average Bonchev–Trinajstić information content (AvgIpc) is 2.96. The molecule has 0 saturated heterocycles. The number of fused-ring (bicyclic) bond motifs is 6. The van der Waals surface area contributed by atoms with Crippen molar-refractivity contribution in [3.8, 4) is 0 Å². The summed E-state index contributed by atoms with van der Waals surface area (Å²) in [6.45, 7) is 0. The summed E-state index contributed by atoms with van der Waals surface area (Å²) in [6.07, 6.45) is 4.13. The van der Waals surface area contributed by atoms with E-state index in [1.807, 2.05) is 24.3 Å². The van der Waals surface area contributed by atoms with Crippen LogP contribution in [0.25, 0.3) is 10.8 Å². The third-order valence-electron chi connectivity index (χ3n) is 6.09. The minimum Gasteiger partial charge on any atom is -0.325 e. The Hall–Kier alpha value is -1.83. The molecule has 2 nitrogen and oxygen atoms in total. The number of nitrogens with one attached hydrogen (secondary N) is 1. The van der Waals surface area contributed by atoms with Crippen molar-refractivity contribution < 1.29 is 4.79 Å². The maximum Gasteiger partial charge on any atom is 0.228 e. The van der Waals surface area contributed by atoms with E-state index in [1.54, 1.807) is 0 Å². The van der Waals surface area contributed by atoms with Crippen molar-refractivity contribution in [1.29, 1.82) is 0 Å². The summed E-state index contributed by atoms with van der Waals surface area (Å²) >= 11 is 0. The van der Waals surface area contributed by atoms with Crippen LogP contribution in [0.4, 0.5) is 5.69 Å². The highest BCUT2D eigenvalue weighted by Crippen LogP contribution is 2.69. The third-order valence-corrected chi connectivity index (χ3v) is 6.09. The first kappa shape index (κ1) is 11.8. The molecule has 0 spiro atoms. The molecule has 2 aromatic carbocycles. The van der Waals surface area contributed by atoms with Gasteiger partial charge in [0.15, 0.2) is 0 Å². The topological polar surface area (TPSA) is 29.1 Å². The SMILES string of the molecule is O=C(Nc1cccc2ccccc12)C1[C@H]2[C@H]3CC[C@@H](C3)[C@H]12. The molecule has 0 radical (unpaired) electrons. The van der Waals surface area contributed by atoms with Gasteiger partial charge in [0.1, 0.15) is 0 Å². The Kier molecular flexibility index (Phi) is 2.30. The van der Waals surface area contributed by atoms with Gasteiger partial charge < -0.3 is 5.32 Å². The van der Waals surface area contributed by atoms with Gasteiger partial charge in [-0.25, -0.2) is 0 Å². The average molecular weight is 277 g/mol. The molecule has 0 heterocycles. The zero-order valence-electron chi connectivity index (χ0n) is 12.0. The van der Waals surface area contributed by atoms with Crippen molar-refractivity contribution in [3.63, 3.8) is 0 Å². The number of benzene rings is 2. The normalized spacial score (nSPS) is 35.7. The summed E-state index contributed by atoms with van der Waals surface area (Å²) in [7, 11) is 0. The van der Waals surface area contributed by atoms with Crippen LogP contribution in [-0.2, 0) is 4.79 Å². The molecule has 5 rings (SSSR count). The van der Waals surface area contributed by atoms with Crippen LogP contribution in [0.3, 0.4) is 0 Å². The summed E-state index contributed by atoms with van der Waals surface area (Å²) in [5, 5.41) is 5.53. The summed E-state index contributed by atoms with van der Waals surface area (Å²) in [6, 6.07) is 14.4. The fraction of sp³-hybridized carbons (Fsp3) is 0.421. The van der Waals surface area contributed by atoms with Crippen LogP contribution < -0.4 is 5.32 Å². The van der Waals surface area contributed by atoms with Crippen molar-refractivity contribution in [2.75, 3.05) is 5.32 Å². The lowest BCUT2D eigenvalue weighted by atomic mass is 10.0. The minimum absolute atomic E-state index is 0.262. The van der Waals surface area contributed by atoms with Gasteiger partial charge in [0.05, 0.1) is 0 Å². The van der Waals surface area contributed by atoms with Crippen LogP contribution in [0.2, 0.25) is 0 Å². The van der Waals surface area contributed by atoms with Crippen molar-refractivity contribution in [3.05, 3.63) is 42.5 Å². The van der Waals surface area contributed by atoms with Crippen LogP contribution in [-0.4, -0.2) is 5.91 Å². The molecule has 3 aliphatic rings. The van der Waals surface area contributed by atoms with Gasteiger partial charge in [-0.3, -0.25) is 4.79 Å². The number of carbonyl (C=O) groups is 1. The van der Waals surface area contributed by atoms with Gasteiger partial charge in [0.25, 0.3) is 0 Å². The number of hydrogen-bond acceptors (Lipinski definition) is 1. The molecule has 21 heavy (non-hydrogen) atoms. The van der Waals surface area contributed by atoms with Crippen LogP contribution in [0.5, 0.6) is 0 Å². The fourth-order valence-corrected chi connectivity index (χ4v) is 5.23. The van der Waals surface area contributed by atoms with E-state index in [2.05, 4.69) is 23.5 Å². The van der Waals surface area contributed by atoms with E-state index >= 15 is 0 Å². The molecule has 2 bridgehead atoms. The molecule has 0 aromatic heterocycles. The molecule has 106 valence electrons. The van der Waals surface area contributed by atoms with E-state index in [0.29, 0.717) is 17.8 Å². The Balaban J connectivity index is 1.41. The maximum absolute atomic E-state index is 12.6. The Bertz CT molecular complexity index is 716. The lowest BCUT2D eigenvalue weighted by molar-refractivity contribution is -0.118. The number of carbonyl (C=O) groups excluding carboxylic acids is 1. The highest BCUT2D eigenvalue weighted by molar-refractivity contribution is 6.03. The Morgan fingerprint density at radius 3 is 2.48 bits per heavy atom. The molecule has 4 atom stereocenters. The van der Waals surface area contributed by atoms with E-state index in [9.17, 15) is 4.79 Å². The van der Waals surface area contributed by atoms with Gasteiger partial charge in [0, 0.05) is 17.0 Å². The van der Waals surface area contributed by atoms with Gasteiger partial charge in [-0.15, -0.1) is 0 Å². The predicted octanol–water partition coefficient (Wildman–Crippen LogP) is 4.07. The van der Waals surface area contributed by atoms with Gasteiger partial charge in [-0.05, 0) is 54.4 Å². The monoisotopic (exact) mass is 277 g/mol. The zero-order valence-corrected chi connectivity index (χ0v) is 12.0. The first-order chi connectivity index (χ1) is 10.3. The van der Waals surface area contributed by atoms with Gasteiger partial charge in [-0.1, -0.05) is 36.4 Å². The Labute approximate surface area is 124 Å². The minimum atomic E-state index is 0.262. The van der Waals surface area contributed by atoms with E-state index in [4.69, 9.17) is 0 Å². The molecule has 0 aliphatic heterocycles. The lowest BCUT2D eigenvalue weighted by Crippen LogP contribution is -2.18. The summed E-state index contributed by atoms with van der Waals surface area (Å²) in [4.78, 5) is 12.6. The molecule has 1 amide bonds. The summed E-state index contributed by atoms with van der Waals surface area (Å²) < 4.78 is 0. The van der Waals surface area contributed by atoms with Crippen molar-refractivity contribution in [2.24, 2.45) is 29.6 Å². The van der Waals surface area contributed by atoms with E-state index in [0.717, 1.165) is 22.9 Å². The third kappa shape index (κ3) is 1.62. The summed E-state index contributed by atoms with van der Waals surface area (Å²) in [5.41, 5.74) is 0.968. The fourth-order valence-electron chi connectivity index (χ4n) is 5.23. The van der Waals surface area contributed by atoms with E-state index < -0.39 is 0 Å². The molecule has 0 unspecified atom stereocenters. The number of hydrogen-bond donors (Lipinski definition) is 1. The molecule has 2 aromatic rings. The molecule has 3 fully saturated rings. The Morgan fingerprint density at radius 1 is 0.952 bits per heavy atom. The first-order valence-corrected chi connectivity index (χ1v) is 8.11. The zero-order chi connectivity index (χ0) is 14.0. The first-order valence-electron chi connectivity index (χ1n) is 8.11. The van der Waals surface area contributed by atoms with Crippen LogP contribution in [0.1, 0.15) is 19.3 Å². The molecular weight excluding hydrogens is 258 g/mol. The van der Waals surface area contributed by atoms with Crippen LogP contribution in [0.15, 0.2) is 42.5 Å². The predicted molar refractivity (Wildman–Crippen MR) is 83.9 cm³/mol. The number of rotatable bonds is 2. The van der Waals surface area contributed by atoms with E-state index in [1.165, 1.54) is 24.6 Å². The maximum atomic E-state index is 12.6. The van der Waals surface area contributed by atoms with Crippen LogP contribution in [0, 0.1) is 29.6 Å². The largest absolute Gasteiger partial charge is 0.325 e. The highest BCUT2D eigenvalue weighted by atomic mass is 16.2. The van der Waals surface area contributed by atoms with Gasteiger partial charge in [-0.2, -0.15) is 0 Å². The summed E-state index contributed by atoms with van der Waals surface area (Å²) in [5.74, 6) is 3.68. The van der Waals surface area contributed by atoms with Crippen molar-refractivity contribution in [1.82, 2.24) is 0 Å². The second-order valence-electron chi connectivity index (χ2n) is 7.03. The Morgan fingerprint density at radius 2 is 1.67 bits per heavy atom. The standard InChI is InChI=1S/C19H19NO/c21-19(18-16-12-8-9-13(10-12)17(16)18)20-15-7-3-5-11-4-1-2-6-14(11)15/h1-7,12-13,16-18H,8-10H2,(H,20,21)/t12-,13-,16-,17-/m0/s1. The lowest BCUT2D eigenvalue weighted by Gasteiger charge is -2.11. The van der Waals surface area contributed by atoms with E-state index in [-0.39, 0.29) is 5.91 Å². The number of amides is 1. The molecule has 3 saturated carbocycles. The van der Waals surface area contributed by atoms with Crippen molar-refractivity contribution in [2.45, 2.75) is 19.3 Å². The smallest absolute Gasteiger partial charge is 0.228 e. The van der Waals surface area contributed by atoms with Crippen molar-refractivity contribution >= 4 is 22.4 Å². The molecular formula is C19H19NO. The molecule has 2 heteroatoms. The number of anilines is 1. The quantitative estimate of drug-likeness (QED) is 0.880. The van der Waals surface area contributed by atoms with Crippen LogP contribution >= 0.6 is 0 Å². The second-order valence-corrected chi connectivity index (χ2v) is 7.03. The molecule has 1 N–H and O–H groups in total. The molecule has 3 aliphatic carbocycles. The highest BCUT2D eigenvalue weighted by Gasteiger charge is 2.67. The van der Waals surface area contributed by atoms with Gasteiger partial charge >= 0.3 is 0 Å².